The van der Waals surface area contributed by atoms with Crippen LogP contribution in [0, 0.1) is 5.41 Å². The second kappa shape index (κ2) is 6.53. The van der Waals surface area contributed by atoms with E-state index >= 15 is 0 Å². The molecule has 1 unspecified atom stereocenters. The second-order valence-corrected chi connectivity index (χ2v) is 6.42. The summed E-state index contributed by atoms with van der Waals surface area (Å²) in [5.74, 6) is 0. The molecule has 1 aliphatic rings. The topological polar surface area (TPSA) is 21.3 Å². The average Bonchev–Trinajstić information content (AvgIpc) is 2.38. The molecule has 1 N–H and O–H groups in total. The molecule has 0 amide bonds. The van der Waals surface area contributed by atoms with Crippen LogP contribution in [0.1, 0.15) is 50.7 Å². The zero-order valence-corrected chi connectivity index (χ0v) is 12.5. The standard InChI is InChI=1S/C17H27NO/c1-17(2)10-5-4-9-16(17)18-12-14-7-6-8-15(11-14)13-19-3/h6-8,11,16,18H,4-5,9-10,12-13H2,1-3H3. The van der Waals surface area contributed by atoms with Crippen LogP contribution in [0.15, 0.2) is 24.3 Å². The number of ether oxygens (including phenoxy) is 1. The molecule has 2 rings (SSSR count). The van der Waals surface area contributed by atoms with Crippen molar-refractivity contribution in [3.63, 3.8) is 0 Å². The number of benzene rings is 1. The van der Waals surface area contributed by atoms with Gasteiger partial charge < -0.3 is 10.1 Å². The SMILES string of the molecule is COCc1cccc(CNC2CCCCC2(C)C)c1. The summed E-state index contributed by atoms with van der Waals surface area (Å²) in [6, 6.07) is 9.33. The molecule has 2 heteroatoms. The van der Waals surface area contributed by atoms with E-state index in [1.165, 1.54) is 36.8 Å². The molecule has 1 aromatic carbocycles. The predicted molar refractivity (Wildman–Crippen MR) is 80.0 cm³/mol. The predicted octanol–water partition coefficient (Wildman–Crippen LogP) is 3.89. The van der Waals surface area contributed by atoms with Crippen LogP contribution < -0.4 is 5.32 Å². The number of hydrogen-bond acceptors (Lipinski definition) is 2. The highest BCUT2D eigenvalue weighted by Crippen LogP contribution is 2.35. The van der Waals surface area contributed by atoms with Gasteiger partial charge in [-0.25, -0.2) is 0 Å². The largest absolute Gasteiger partial charge is 0.380 e. The fourth-order valence-corrected chi connectivity index (χ4v) is 3.11. The van der Waals surface area contributed by atoms with Gasteiger partial charge in [-0.15, -0.1) is 0 Å². The molecule has 19 heavy (non-hydrogen) atoms. The van der Waals surface area contributed by atoms with Crippen LogP contribution in [0.4, 0.5) is 0 Å². The first-order valence-electron chi connectivity index (χ1n) is 7.42. The quantitative estimate of drug-likeness (QED) is 0.868. The monoisotopic (exact) mass is 261 g/mol. The lowest BCUT2D eigenvalue weighted by Crippen LogP contribution is -2.43. The first-order valence-corrected chi connectivity index (χ1v) is 7.42. The second-order valence-electron chi connectivity index (χ2n) is 6.42. The summed E-state index contributed by atoms with van der Waals surface area (Å²) in [5, 5.41) is 3.76. The van der Waals surface area contributed by atoms with Crippen molar-refractivity contribution in [3.05, 3.63) is 35.4 Å². The first kappa shape index (κ1) is 14.5. The highest BCUT2D eigenvalue weighted by atomic mass is 16.5. The van der Waals surface area contributed by atoms with E-state index in [0.29, 0.717) is 18.1 Å². The van der Waals surface area contributed by atoms with Crippen molar-refractivity contribution in [2.45, 2.75) is 58.7 Å². The molecule has 2 nitrogen and oxygen atoms in total. The van der Waals surface area contributed by atoms with Gasteiger partial charge in [0.1, 0.15) is 0 Å². The minimum absolute atomic E-state index is 0.433. The van der Waals surface area contributed by atoms with Crippen LogP contribution in [0.25, 0.3) is 0 Å². The Labute approximate surface area is 117 Å². The van der Waals surface area contributed by atoms with Crippen molar-refractivity contribution < 1.29 is 4.74 Å². The number of rotatable bonds is 5. The molecule has 0 saturated heterocycles. The smallest absolute Gasteiger partial charge is 0.0713 e. The van der Waals surface area contributed by atoms with Gasteiger partial charge in [0, 0.05) is 19.7 Å². The average molecular weight is 261 g/mol. The summed E-state index contributed by atoms with van der Waals surface area (Å²) in [6.45, 7) is 6.45. The summed E-state index contributed by atoms with van der Waals surface area (Å²) in [5.41, 5.74) is 3.04. The van der Waals surface area contributed by atoms with E-state index in [1.54, 1.807) is 7.11 Å². The zero-order chi connectivity index (χ0) is 13.7. The maximum atomic E-state index is 5.19. The highest BCUT2D eigenvalue weighted by molar-refractivity contribution is 5.23. The fraction of sp³-hybridized carbons (Fsp3) is 0.647. The van der Waals surface area contributed by atoms with E-state index < -0.39 is 0 Å². The third-order valence-corrected chi connectivity index (χ3v) is 4.36. The molecular formula is C17H27NO. The molecular weight excluding hydrogens is 234 g/mol. The minimum Gasteiger partial charge on any atom is -0.380 e. The summed E-state index contributed by atoms with van der Waals surface area (Å²) in [6.07, 6.45) is 5.40. The van der Waals surface area contributed by atoms with E-state index in [9.17, 15) is 0 Å². The van der Waals surface area contributed by atoms with Gasteiger partial charge in [-0.05, 0) is 29.4 Å². The Morgan fingerprint density at radius 2 is 2.05 bits per heavy atom. The minimum atomic E-state index is 0.433. The fourth-order valence-electron chi connectivity index (χ4n) is 3.11. The van der Waals surface area contributed by atoms with Crippen LogP contribution in [-0.2, 0) is 17.9 Å². The molecule has 1 saturated carbocycles. The number of hydrogen-bond donors (Lipinski definition) is 1. The normalized spacial score (nSPS) is 22.4. The van der Waals surface area contributed by atoms with Gasteiger partial charge in [-0.2, -0.15) is 0 Å². The van der Waals surface area contributed by atoms with Gasteiger partial charge in [-0.3, -0.25) is 0 Å². The zero-order valence-electron chi connectivity index (χ0n) is 12.5. The van der Waals surface area contributed by atoms with Crippen LogP contribution in [-0.4, -0.2) is 13.2 Å². The van der Waals surface area contributed by atoms with Crippen molar-refractivity contribution >= 4 is 0 Å². The van der Waals surface area contributed by atoms with Crippen LogP contribution in [0.5, 0.6) is 0 Å². The van der Waals surface area contributed by atoms with Crippen LogP contribution in [0.2, 0.25) is 0 Å². The maximum absolute atomic E-state index is 5.19. The third-order valence-electron chi connectivity index (χ3n) is 4.36. The lowest BCUT2D eigenvalue weighted by Gasteiger charge is -2.39. The third kappa shape index (κ3) is 4.05. The van der Waals surface area contributed by atoms with Crippen molar-refractivity contribution in [3.8, 4) is 0 Å². The van der Waals surface area contributed by atoms with Crippen LogP contribution in [0.3, 0.4) is 0 Å². The summed E-state index contributed by atoms with van der Waals surface area (Å²) in [7, 11) is 1.75. The molecule has 0 heterocycles. The van der Waals surface area contributed by atoms with Gasteiger partial charge in [0.2, 0.25) is 0 Å². The summed E-state index contributed by atoms with van der Waals surface area (Å²) >= 11 is 0. The molecule has 0 radical (unpaired) electrons. The molecule has 1 aliphatic carbocycles. The molecule has 0 aliphatic heterocycles. The number of methoxy groups -OCH3 is 1. The molecule has 106 valence electrons. The lowest BCUT2D eigenvalue weighted by molar-refractivity contribution is 0.166. The summed E-state index contributed by atoms with van der Waals surface area (Å²) in [4.78, 5) is 0. The Balaban J connectivity index is 1.92. The molecule has 0 spiro atoms. The van der Waals surface area contributed by atoms with Gasteiger partial charge in [-0.1, -0.05) is 51.0 Å². The molecule has 0 bridgehead atoms. The van der Waals surface area contributed by atoms with Crippen molar-refractivity contribution in [2.24, 2.45) is 5.41 Å². The summed E-state index contributed by atoms with van der Waals surface area (Å²) < 4.78 is 5.19. The molecule has 1 atom stereocenters. The van der Waals surface area contributed by atoms with Gasteiger partial charge >= 0.3 is 0 Å². The Bertz CT molecular complexity index is 400. The maximum Gasteiger partial charge on any atom is 0.0713 e. The van der Waals surface area contributed by atoms with E-state index in [4.69, 9.17) is 4.74 Å². The van der Waals surface area contributed by atoms with Crippen molar-refractivity contribution in [2.75, 3.05) is 7.11 Å². The number of nitrogens with one attached hydrogen (secondary N) is 1. The Morgan fingerprint density at radius 3 is 2.79 bits per heavy atom. The van der Waals surface area contributed by atoms with E-state index in [1.807, 2.05) is 0 Å². The van der Waals surface area contributed by atoms with E-state index in [0.717, 1.165) is 6.54 Å². The Hall–Kier alpha value is -0.860. The molecule has 1 aromatic rings. The van der Waals surface area contributed by atoms with Crippen molar-refractivity contribution in [1.29, 1.82) is 0 Å². The first-order chi connectivity index (χ1) is 9.12. The Kier molecular flexibility index (Phi) is 5.00. The van der Waals surface area contributed by atoms with Crippen LogP contribution >= 0.6 is 0 Å². The lowest BCUT2D eigenvalue weighted by atomic mass is 9.73. The van der Waals surface area contributed by atoms with E-state index in [-0.39, 0.29) is 0 Å². The van der Waals surface area contributed by atoms with Gasteiger partial charge in [0.15, 0.2) is 0 Å². The van der Waals surface area contributed by atoms with E-state index in [2.05, 4.69) is 43.4 Å². The van der Waals surface area contributed by atoms with Gasteiger partial charge in [0.05, 0.1) is 6.61 Å². The molecule has 0 aromatic heterocycles. The molecule has 1 fully saturated rings. The Morgan fingerprint density at radius 1 is 1.26 bits per heavy atom. The van der Waals surface area contributed by atoms with Gasteiger partial charge in [0.25, 0.3) is 0 Å². The van der Waals surface area contributed by atoms with Crippen molar-refractivity contribution in [1.82, 2.24) is 5.32 Å². The highest BCUT2D eigenvalue weighted by Gasteiger charge is 2.31.